The Hall–Kier alpha value is -0.610. The third-order valence-corrected chi connectivity index (χ3v) is 3.98. The largest absolute Gasteiger partial charge is 0.317 e. The molecule has 16 heavy (non-hydrogen) atoms. The van der Waals surface area contributed by atoms with Gasteiger partial charge in [0.1, 0.15) is 5.65 Å². The lowest BCUT2D eigenvalue weighted by molar-refractivity contribution is 0.524. The van der Waals surface area contributed by atoms with Crippen molar-refractivity contribution in [3.8, 4) is 0 Å². The van der Waals surface area contributed by atoms with Gasteiger partial charge in [0, 0.05) is 17.6 Å². The average molecular weight is 301 g/mol. The van der Waals surface area contributed by atoms with Crippen LogP contribution in [-0.2, 0) is 0 Å². The molecule has 0 spiro atoms. The van der Waals surface area contributed by atoms with Crippen LogP contribution in [0.15, 0.2) is 16.9 Å². The number of halogens is 2. The first-order chi connectivity index (χ1) is 7.75. The topological polar surface area (TPSA) is 30.7 Å². The zero-order valence-corrected chi connectivity index (χ0v) is 11.0. The van der Waals surface area contributed by atoms with E-state index in [4.69, 9.17) is 11.6 Å². The molecule has 0 atom stereocenters. The quantitative estimate of drug-likeness (QED) is 0.746. The van der Waals surface area contributed by atoms with Crippen molar-refractivity contribution < 1.29 is 0 Å². The summed E-state index contributed by atoms with van der Waals surface area (Å²) in [6.07, 6.45) is 6.83. The Kier molecular flexibility index (Phi) is 2.64. The number of hydrogen-bond acceptors (Lipinski definition) is 2. The fraction of sp³-hybridized carbons (Fsp3) is 0.455. The molecule has 0 N–H and O–H groups in total. The van der Waals surface area contributed by atoms with Crippen molar-refractivity contribution in [2.24, 2.45) is 0 Å². The maximum Gasteiger partial charge on any atom is 0.224 e. The van der Waals surface area contributed by atoms with E-state index in [1.54, 1.807) is 6.20 Å². The van der Waals surface area contributed by atoms with Crippen LogP contribution in [0.3, 0.4) is 0 Å². The van der Waals surface area contributed by atoms with Crippen molar-refractivity contribution in [3.05, 3.63) is 22.1 Å². The molecule has 2 heterocycles. The summed E-state index contributed by atoms with van der Waals surface area (Å²) in [5, 5.41) is 1.36. The van der Waals surface area contributed by atoms with Crippen molar-refractivity contribution >= 4 is 38.6 Å². The summed E-state index contributed by atoms with van der Waals surface area (Å²) < 4.78 is 3.32. The predicted molar refractivity (Wildman–Crippen MR) is 67.7 cm³/mol. The Labute approximate surface area is 107 Å². The van der Waals surface area contributed by atoms with E-state index in [0.717, 1.165) is 15.6 Å². The summed E-state index contributed by atoms with van der Waals surface area (Å²) in [4.78, 5) is 8.34. The molecule has 1 fully saturated rings. The van der Waals surface area contributed by atoms with Gasteiger partial charge in [-0.3, -0.25) is 0 Å². The summed E-state index contributed by atoms with van der Waals surface area (Å²) in [6.45, 7) is 0. The van der Waals surface area contributed by atoms with Gasteiger partial charge in [-0.1, -0.05) is 12.8 Å². The Morgan fingerprint density at radius 1 is 1.38 bits per heavy atom. The molecule has 0 bridgehead atoms. The summed E-state index contributed by atoms with van der Waals surface area (Å²) in [5.41, 5.74) is 0.943. The molecule has 3 nitrogen and oxygen atoms in total. The normalized spacial score (nSPS) is 17.4. The van der Waals surface area contributed by atoms with Gasteiger partial charge in [0.25, 0.3) is 0 Å². The van der Waals surface area contributed by atoms with Crippen molar-refractivity contribution in [2.45, 2.75) is 31.7 Å². The van der Waals surface area contributed by atoms with Crippen molar-refractivity contribution in [3.63, 3.8) is 0 Å². The SMILES string of the molecule is Clc1ncc2cc(Br)n(C3CCCC3)c2n1. The van der Waals surface area contributed by atoms with Crippen LogP contribution in [0.25, 0.3) is 11.0 Å². The van der Waals surface area contributed by atoms with E-state index in [1.165, 1.54) is 25.7 Å². The van der Waals surface area contributed by atoms with Gasteiger partial charge in [0.05, 0.1) is 4.60 Å². The molecule has 1 saturated carbocycles. The van der Waals surface area contributed by atoms with Crippen LogP contribution in [-0.4, -0.2) is 14.5 Å². The monoisotopic (exact) mass is 299 g/mol. The highest BCUT2D eigenvalue weighted by molar-refractivity contribution is 9.10. The Morgan fingerprint density at radius 3 is 2.88 bits per heavy atom. The highest BCUT2D eigenvalue weighted by Gasteiger charge is 2.21. The second-order valence-electron chi connectivity index (χ2n) is 4.19. The standard InChI is InChI=1S/C11H11BrClN3/c12-9-5-7-6-14-11(13)15-10(7)16(9)8-3-1-2-4-8/h5-6,8H,1-4H2. The molecule has 1 aliphatic carbocycles. The molecule has 0 saturated heterocycles. The van der Waals surface area contributed by atoms with Crippen LogP contribution in [0.4, 0.5) is 0 Å². The lowest BCUT2D eigenvalue weighted by Gasteiger charge is -2.14. The van der Waals surface area contributed by atoms with E-state index in [2.05, 4.69) is 36.5 Å². The maximum absolute atomic E-state index is 5.86. The fourth-order valence-corrected chi connectivity index (χ4v) is 3.30. The molecular weight excluding hydrogens is 289 g/mol. The predicted octanol–water partition coefficient (Wildman–Crippen LogP) is 3.96. The molecule has 2 aromatic rings. The zero-order valence-electron chi connectivity index (χ0n) is 8.66. The van der Waals surface area contributed by atoms with Crippen LogP contribution in [0, 0.1) is 0 Å². The number of nitrogens with zero attached hydrogens (tertiary/aromatic N) is 3. The molecule has 0 amide bonds. The molecule has 3 rings (SSSR count). The van der Waals surface area contributed by atoms with Gasteiger partial charge in [-0.2, -0.15) is 4.98 Å². The summed E-state index contributed by atoms with van der Waals surface area (Å²) >= 11 is 9.45. The van der Waals surface area contributed by atoms with Crippen molar-refractivity contribution in [2.75, 3.05) is 0 Å². The summed E-state index contributed by atoms with van der Waals surface area (Å²) in [7, 11) is 0. The molecule has 0 radical (unpaired) electrons. The molecule has 5 heteroatoms. The molecule has 0 aromatic carbocycles. The lowest BCUT2D eigenvalue weighted by Crippen LogP contribution is -2.05. The molecule has 2 aromatic heterocycles. The minimum atomic E-state index is 0.317. The third-order valence-electron chi connectivity index (χ3n) is 3.19. The zero-order chi connectivity index (χ0) is 11.1. The van der Waals surface area contributed by atoms with Crippen molar-refractivity contribution in [1.29, 1.82) is 0 Å². The highest BCUT2D eigenvalue weighted by Crippen LogP contribution is 2.36. The molecule has 84 valence electrons. The van der Waals surface area contributed by atoms with E-state index in [-0.39, 0.29) is 0 Å². The van der Waals surface area contributed by atoms with E-state index >= 15 is 0 Å². The molecule has 0 unspecified atom stereocenters. The number of hydrogen-bond donors (Lipinski definition) is 0. The van der Waals surface area contributed by atoms with E-state index in [9.17, 15) is 0 Å². The maximum atomic E-state index is 5.86. The van der Waals surface area contributed by atoms with Crippen LogP contribution in [0.5, 0.6) is 0 Å². The Bertz CT molecular complexity index is 531. The summed E-state index contributed by atoms with van der Waals surface area (Å²) in [6, 6.07) is 2.61. The fourth-order valence-electron chi connectivity index (χ4n) is 2.46. The molecule has 1 aliphatic rings. The van der Waals surface area contributed by atoms with Gasteiger partial charge in [0.2, 0.25) is 5.28 Å². The van der Waals surface area contributed by atoms with Gasteiger partial charge < -0.3 is 4.57 Å². The smallest absolute Gasteiger partial charge is 0.224 e. The van der Waals surface area contributed by atoms with Gasteiger partial charge >= 0.3 is 0 Å². The first-order valence-corrected chi connectivity index (χ1v) is 6.62. The minimum absolute atomic E-state index is 0.317. The first kappa shape index (κ1) is 10.5. The van der Waals surface area contributed by atoms with Crippen molar-refractivity contribution in [1.82, 2.24) is 14.5 Å². The van der Waals surface area contributed by atoms with E-state index < -0.39 is 0 Å². The molecular formula is C11H11BrClN3. The first-order valence-electron chi connectivity index (χ1n) is 5.44. The second-order valence-corrected chi connectivity index (χ2v) is 5.34. The van der Waals surface area contributed by atoms with Crippen LogP contribution >= 0.6 is 27.5 Å². The highest BCUT2D eigenvalue weighted by atomic mass is 79.9. The number of rotatable bonds is 1. The average Bonchev–Trinajstić information content (AvgIpc) is 2.83. The Morgan fingerprint density at radius 2 is 2.12 bits per heavy atom. The second kappa shape index (κ2) is 4.00. The minimum Gasteiger partial charge on any atom is -0.317 e. The third kappa shape index (κ3) is 1.64. The summed E-state index contributed by atoms with van der Waals surface area (Å²) in [5.74, 6) is 0. The van der Waals surface area contributed by atoms with Crippen LogP contribution in [0.1, 0.15) is 31.7 Å². The van der Waals surface area contributed by atoms with E-state index in [0.29, 0.717) is 11.3 Å². The van der Waals surface area contributed by atoms with Gasteiger partial charge in [-0.05, 0) is 46.4 Å². The van der Waals surface area contributed by atoms with Gasteiger partial charge in [-0.25, -0.2) is 4.98 Å². The van der Waals surface area contributed by atoms with Gasteiger partial charge in [0.15, 0.2) is 0 Å². The lowest BCUT2D eigenvalue weighted by atomic mass is 10.2. The number of aromatic nitrogens is 3. The number of fused-ring (bicyclic) bond motifs is 1. The van der Waals surface area contributed by atoms with Crippen LogP contribution in [0.2, 0.25) is 5.28 Å². The van der Waals surface area contributed by atoms with Crippen LogP contribution < -0.4 is 0 Å². The Balaban J connectivity index is 2.20. The van der Waals surface area contributed by atoms with Gasteiger partial charge in [-0.15, -0.1) is 0 Å². The van der Waals surface area contributed by atoms with E-state index in [1.807, 2.05) is 0 Å². The molecule has 0 aliphatic heterocycles.